The molecular weight excluding hydrogens is 689 g/mol. The van der Waals surface area contributed by atoms with E-state index in [1.54, 1.807) is 0 Å². The van der Waals surface area contributed by atoms with Gasteiger partial charge in [0.15, 0.2) is 0 Å². The molecule has 0 aliphatic carbocycles. The Morgan fingerprint density at radius 3 is 1.43 bits per heavy atom. The number of unbranched alkanes of at least 4 members (excludes halogenated alkanes) is 27. The van der Waals surface area contributed by atoms with Crippen LogP contribution in [0, 0.1) is 0 Å². The summed E-state index contributed by atoms with van der Waals surface area (Å²) < 4.78 is 26.5. The van der Waals surface area contributed by atoms with Crippen molar-refractivity contribution in [3.8, 4) is 0 Å². The highest BCUT2D eigenvalue weighted by Crippen LogP contribution is 2.37. The van der Waals surface area contributed by atoms with Crippen LogP contribution < -0.4 is 10.2 Å². The first-order chi connectivity index (χ1) is 25.8. The smallest absolute Gasteiger partial charge is 0.305 e. The van der Waals surface area contributed by atoms with Crippen LogP contribution in [-0.2, 0) is 27.9 Å². The molecule has 0 aromatic heterocycles. The maximum absolute atomic E-state index is 12.0. The van der Waals surface area contributed by atoms with Gasteiger partial charge in [0.25, 0.3) is 7.82 Å². The Kier molecular flexibility index (Phi) is 39.5. The minimum absolute atomic E-state index is 0.0455. The van der Waals surface area contributed by atoms with E-state index in [-0.39, 0.29) is 32.1 Å². The van der Waals surface area contributed by atoms with E-state index in [1.807, 2.05) is 0 Å². The topological polar surface area (TPSA) is 134 Å². The van der Waals surface area contributed by atoms with E-state index in [2.05, 4.69) is 31.3 Å². The minimum Gasteiger partial charge on any atom is -0.756 e. The number of nitrogens with one attached hydrogen (secondary N) is 1. The number of aliphatic hydroxyl groups excluding tert-OH is 1. The second kappa shape index (κ2) is 40.4. The van der Waals surface area contributed by atoms with Crippen molar-refractivity contribution < 1.29 is 37.9 Å². The normalized spacial score (nSPS) is 13.4. The van der Waals surface area contributed by atoms with Crippen LogP contribution >= 0.6 is 7.82 Å². The molecule has 0 aromatic rings. The Bertz CT molecular complexity index is 886. The number of carbonyl (C=O) groups excluding carboxylic acids is 2. The molecule has 0 aliphatic rings. The average molecular weight is 773 g/mol. The summed E-state index contributed by atoms with van der Waals surface area (Å²) in [6.45, 7) is 3.37. The minimum atomic E-state index is -4.66. The first kappa shape index (κ1) is 51.8. The predicted molar refractivity (Wildman–Crippen MR) is 218 cm³/mol. The van der Waals surface area contributed by atoms with Crippen molar-refractivity contribution in [1.82, 2.24) is 5.32 Å². The Labute approximate surface area is 326 Å². The van der Waals surface area contributed by atoms with Crippen molar-refractivity contribution in [2.75, 3.05) is 26.4 Å². The molecule has 53 heavy (non-hydrogen) atoms. The Morgan fingerprint density at radius 2 is 0.981 bits per heavy atom. The van der Waals surface area contributed by atoms with Gasteiger partial charge in [0.1, 0.15) is 12.7 Å². The van der Waals surface area contributed by atoms with Crippen LogP contribution in [0.15, 0.2) is 12.2 Å². The SMILES string of the molecule is CCCCCCCC/C=C\CCCCCCCC(=O)OC[C@@H](O)COP(=O)([O-])OCCNC(=O)CCCCCCCCCCCCCCCCCCC. The van der Waals surface area contributed by atoms with Crippen LogP contribution in [-0.4, -0.2) is 49.5 Å². The van der Waals surface area contributed by atoms with E-state index in [1.165, 1.54) is 135 Å². The van der Waals surface area contributed by atoms with Gasteiger partial charge in [0.05, 0.1) is 13.2 Å². The van der Waals surface area contributed by atoms with Crippen molar-refractivity contribution in [2.24, 2.45) is 0 Å². The second-order valence-corrected chi connectivity index (χ2v) is 16.4. The van der Waals surface area contributed by atoms with Gasteiger partial charge in [-0.3, -0.25) is 14.2 Å². The number of ether oxygens (including phenoxy) is 1. The molecule has 1 amide bonds. The highest BCUT2D eigenvalue weighted by atomic mass is 31.2. The van der Waals surface area contributed by atoms with Gasteiger partial charge in [0, 0.05) is 19.4 Å². The molecule has 0 radical (unpaired) electrons. The molecule has 2 N–H and O–H groups in total. The molecule has 314 valence electrons. The molecule has 1 unspecified atom stereocenters. The van der Waals surface area contributed by atoms with E-state index in [0.29, 0.717) is 6.42 Å². The fourth-order valence-corrected chi connectivity index (χ4v) is 7.05. The standard InChI is InChI=1S/C43H84NO8P/c1-3-5-7-9-11-13-15-17-19-20-22-23-25-27-29-31-33-35-42(46)44-37-38-51-53(48,49)52-40-41(45)39-50-43(47)36-34-32-30-28-26-24-21-18-16-14-12-10-8-6-4-2/h18,21,41,45H,3-17,19-20,22-40H2,1-2H3,(H,44,46)(H,48,49)/p-1/b21-18-/t41-/m1/s1. The highest BCUT2D eigenvalue weighted by Gasteiger charge is 2.15. The van der Waals surface area contributed by atoms with Crippen molar-refractivity contribution in [1.29, 1.82) is 0 Å². The third-order valence-corrected chi connectivity index (χ3v) is 10.6. The third-order valence-electron chi connectivity index (χ3n) is 9.69. The molecule has 0 saturated carbocycles. The summed E-state index contributed by atoms with van der Waals surface area (Å²) >= 11 is 0. The number of rotatable bonds is 42. The molecule has 0 rings (SSSR count). The second-order valence-electron chi connectivity index (χ2n) is 15.0. The molecule has 0 aliphatic heterocycles. The summed E-state index contributed by atoms with van der Waals surface area (Å²) in [6.07, 6.45) is 41.2. The lowest BCUT2D eigenvalue weighted by Gasteiger charge is -2.24. The number of carbonyl (C=O) groups is 2. The van der Waals surface area contributed by atoms with Crippen molar-refractivity contribution in [3.05, 3.63) is 12.2 Å². The summed E-state index contributed by atoms with van der Waals surface area (Å²) in [5.74, 6) is -0.552. The van der Waals surface area contributed by atoms with Gasteiger partial charge >= 0.3 is 5.97 Å². The Hall–Kier alpha value is -1.25. The molecule has 10 heteroatoms. The zero-order valence-corrected chi connectivity index (χ0v) is 35.3. The van der Waals surface area contributed by atoms with Gasteiger partial charge in [-0.1, -0.05) is 180 Å². The fourth-order valence-electron chi connectivity index (χ4n) is 6.31. The van der Waals surface area contributed by atoms with Gasteiger partial charge in [-0.25, -0.2) is 0 Å². The molecular formula is C43H83NO8P-. The lowest BCUT2D eigenvalue weighted by atomic mass is 10.0. The summed E-state index contributed by atoms with van der Waals surface area (Å²) in [7, 11) is -4.66. The predicted octanol–water partition coefficient (Wildman–Crippen LogP) is 11.6. The van der Waals surface area contributed by atoms with E-state index < -0.39 is 26.5 Å². The molecule has 0 fully saturated rings. The molecule has 0 bridgehead atoms. The van der Waals surface area contributed by atoms with Crippen molar-refractivity contribution in [2.45, 2.75) is 225 Å². The number of aliphatic hydroxyl groups is 1. The average Bonchev–Trinajstić information content (AvgIpc) is 3.14. The number of amides is 1. The van der Waals surface area contributed by atoms with Gasteiger partial charge in [-0.05, 0) is 38.5 Å². The number of allylic oxidation sites excluding steroid dienone is 2. The van der Waals surface area contributed by atoms with E-state index >= 15 is 0 Å². The lowest BCUT2D eigenvalue weighted by Crippen LogP contribution is -2.28. The van der Waals surface area contributed by atoms with Crippen LogP contribution in [0.2, 0.25) is 0 Å². The number of phosphoric ester groups is 1. The number of hydrogen-bond acceptors (Lipinski definition) is 8. The van der Waals surface area contributed by atoms with Crippen LogP contribution in [0.1, 0.15) is 219 Å². The van der Waals surface area contributed by atoms with Crippen LogP contribution in [0.5, 0.6) is 0 Å². The summed E-state index contributed by atoms with van der Waals surface area (Å²) in [6, 6.07) is 0. The van der Waals surface area contributed by atoms with Crippen molar-refractivity contribution >= 4 is 19.7 Å². The molecule has 0 aromatic carbocycles. The fraction of sp³-hybridized carbons (Fsp3) is 0.907. The maximum Gasteiger partial charge on any atom is 0.305 e. The third kappa shape index (κ3) is 41.7. The number of esters is 1. The Morgan fingerprint density at radius 1 is 0.585 bits per heavy atom. The largest absolute Gasteiger partial charge is 0.756 e. The molecule has 9 nitrogen and oxygen atoms in total. The monoisotopic (exact) mass is 773 g/mol. The summed E-state index contributed by atoms with van der Waals surface area (Å²) in [4.78, 5) is 36.0. The van der Waals surface area contributed by atoms with Gasteiger partial charge in [0.2, 0.25) is 5.91 Å². The zero-order valence-electron chi connectivity index (χ0n) is 34.4. The van der Waals surface area contributed by atoms with Crippen LogP contribution in [0.25, 0.3) is 0 Å². The molecule has 0 spiro atoms. The maximum atomic E-state index is 12.0. The van der Waals surface area contributed by atoms with Crippen LogP contribution in [0.4, 0.5) is 0 Å². The molecule has 2 atom stereocenters. The summed E-state index contributed by atoms with van der Waals surface area (Å²) in [5, 5.41) is 12.6. The summed E-state index contributed by atoms with van der Waals surface area (Å²) in [5.41, 5.74) is 0. The Balaban J connectivity index is 3.57. The quantitative estimate of drug-likeness (QED) is 0.0271. The van der Waals surface area contributed by atoms with E-state index in [0.717, 1.165) is 57.8 Å². The molecule has 0 saturated heterocycles. The van der Waals surface area contributed by atoms with E-state index in [4.69, 9.17) is 13.8 Å². The number of hydrogen-bond donors (Lipinski definition) is 2. The first-order valence-electron chi connectivity index (χ1n) is 22.2. The highest BCUT2D eigenvalue weighted by molar-refractivity contribution is 7.45. The lowest BCUT2D eigenvalue weighted by molar-refractivity contribution is -0.227. The number of phosphoric acid groups is 1. The first-order valence-corrected chi connectivity index (χ1v) is 23.6. The zero-order chi connectivity index (χ0) is 38.9. The van der Waals surface area contributed by atoms with E-state index in [9.17, 15) is 24.2 Å². The van der Waals surface area contributed by atoms with Crippen molar-refractivity contribution in [3.63, 3.8) is 0 Å². The van der Waals surface area contributed by atoms with Gasteiger partial charge < -0.3 is 29.1 Å². The molecule has 0 heterocycles. The van der Waals surface area contributed by atoms with Gasteiger partial charge in [-0.15, -0.1) is 0 Å². The van der Waals surface area contributed by atoms with Gasteiger partial charge in [-0.2, -0.15) is 0 Å². The van der Waals surface area contributed by atoms with Crippen LogP contribution in [0.3, 0.4) is 0 Å².